The number of rotatable bonds is 3. The average molecular weight is 190 g/mol. The van der Waals surface area contributed by atoms with Crippen molar-refractivity contribution in [3.63, 3.8) is 0 Å². The fourth-order valence-electron chi connectivity index (χ4n) is 3.88. The van der Waals surface area contributed by atoms with E-state index in [-0.39, 0.29) is 0 Å². The highest BCUT2D eigenvalue weighted by molar-refractivity contribution is 5.14. The van der Waals surface area contributed by atoms with Crippen LogP contribution in [-0.2, 0) is 4.74 Å². The standard InChI is InChI=1S/C13H18O/c1-2-6-14-13-8-9-7-12(13)11-5-3-4-10(9)11/h2-4,9-13H,1,5-8H2/t9-,10?,11?,12-,13?/m1/s1. The zero-order valence-electron chi connectivity index (χ0n) is 8.56. The van der Waals surface area contributed by atoms with Crippen molar-refractivity contribution in [3.05, 3.63) is 24.8 Å². The zero-order chi connectivity index (χ0) is 9.54. The molecule has 0 aromatic rings. The smallest absolute Gasteiger partial charge is 0.0648 e. The molecule has 0 heterocycles. The molecular formula is C13H18O. The van der Waals surface area contributed by atoms with E-state index in [2.05, 4.69) is 18.7 Å². The van der Waals surface area contributed by atoms with E-state index in [0.29, 0.717) is 6.10 Å². The Kier molecular flexibility index (Phi) is 2.01. The van der Waals surface area contributed by atoms with Crippen molar-refractivity contribution in [2.24, 2.45) is 23.7 Å². The summed E-state index contributed by atoms with van der Waals surface area (Å²) in [6.45, 7) is 4.45. The quantitative estimate of drug-likeness (QED) is 0.622. The summed E-state index contributed by atoms with van der Waals surface area (Å²) >= 11 is 0. The Hall–Kier alpha value is -0.560. The largest absolute Gasteiger partial charge is 0.374 e. The second-order valence-electron chi connectivity index (χ2n) is 4.96. The molecular weight excluding hydrogens is 172 g/mol. The highest BCUT2D eigenvalue weighted by atomic mass is 16.5. The Bertz CT molecular complexity index is 268. The molecule has 0 radical (unpaired) electrons. The Morgan fingerprint density at radius 1 is 1.36 bits per heavy atom. The summed E-state index contributed by atoms with van der Waals surface area (Å²) in [7, 11) is 0. The minimum absolute atomic E-state index is 0.541. The Labute approximate surface area is 85.8 Å². The lowest BCUT2D eigenvalue weighted by atomic mass is 9.80. The van der Waals surface area contributed by atoms with Gasteiger partial charge in [0.15, 0.2) is 0 Å². The van der Waals surface area contributed by atoms with Crippen LogP contribution in [0.5, 0.6) is 0 Å². The van der Waals surface area contributed by atoms with Gasteiger partial charge in [0, 0.05) is 0 Å². The molecule has 2 saturated carbocycles. The van der Waals surface area contributed by atoms with Gasteiger partial charge in [-0.1, -0.05) is 18.2 Å². The third-order valence-corrected chi connectivity index (χ3v) is 4.37. The van der Waals surface area contributed by atoms with E-state index in [1.807, 2.05) is 6.08 Å². The Morgan fingerprint density at radius 3 is 3.14 bits per heavy atom. The minimum atomic E-state index is 0.541. The van der Waals surface area contributed by atoms with E-state index in [0.717, 1.165) is 30.3 Å². The first kappa shape index (κ1) is 8.72. The van der Waals surface area contributed by atoms with Gasteiger partial charge in [0.2, 0.25) is 0 Å². The normalized spacial score (nSPS) is 48.4. The molecule has 0 aromatic heterocycles. The topological polar surface area (TPSA) is 9.23 Å². The Morgan fingerprint density at radius 2 is 2.29 bits per heavy atom. The fourth-order valence-corrected chi connectivity index (χ4v) is 3.88. The summed E-state index contributed by atoms with van der Waals surface area (Å²) in [6.07, 6.45) is 11.3. The summed E-state index contributed by atoms with van der Waals surface area (Å²) in [5.41, 5.74) is 0. The SMILES string of the molecule is C=CCOC1C[C@H]2C[C@@H]1C1CC=CC12. The molecule has 0 aliphatic heterocycles. The van der Waals surface area contributed by atoms with Crippen molar-refractivity contribution >= 4 is 0 Å². The van der Waals surface area contributed by atoms with Crippen LogP contribution in [0.1, 0.15) is 19.3 Å². The molecule has 3 unspecified atom stereocenters. The molecule has 3 aliphatic carbocycles. The maximum Gasteiger partial charge on any atom is 0.0648 e. The molecule has 14 heavy (non-hydrogen) atoms. The number of hydrogen-bond acceptors (Lipinski definition) is 1. The van der Waals surface area contributed by atoms with Crippen molar-refractivity contribution < 1.29 is 4.74 Å². The minimum Gasteiger partial charge on any atom is -0.374 e. The van der Waals surface area contributed by atoms with Crippen LogP contribution in [0.4, 0.5) is 0 Å². The maximum absolute atomic E-state index is 5.85. The van der Waals surface area contributed by atoms with Crippen molar-refractivity contribution in [3.8, 4) is 0 Å². The molecule has 5 atom stereocenters. The number of ether oxygens (including phenoxy) is 1. The maximum atomic E-state index is 5.85. The second-order valence-corrected chi connectivity index (χ2v) is 4.96. The van der Waals surface area contributed by atoms with Crippen molar-refractivity contribution in [2.45, 2.75) is 25.4 Å². The molecule has 3 aliphatic rings. The van der Waals surface area contributed by atoms with Gasteiger partial charge >= 0.3 is 0 Å². The van der Waals surface area contributed by atoms with Crippen LogP contribution in [0.15, 0.2) is 24.8 Å². The summed E-state index contributed by atoms with van der Waals surface area (Å²) in [5.74, 6) is 3.60. The van der Waals surface area contributed by atoms with Crippen LogP contribution < -0.4 is 0 Å². The lowest BCUT2D eigenvalue weighted by molar-refractivity contribution is 0.00693. The summed E-state index contributed by atoms with van der Waals surface area (Å²) in [5, 5.41) is 0. The first-order valence-corrected chi connectivity index (χ1v) is 5.79. The highest BCUT2D eigenvalue weighted by Gasteiger charge is 2.52. The molecule has 0 saturated heterocycles. The van der Waals surface area contributed by atoms with E-state index in [1.165, 1.54) is 19.3 Å². The van der Waals surface area contributed by atoms with Crippen LogP contribution in [0, 0.1) is 23.7 Å². The molecule has 0 amide bonds. The third kappa shape index (κ3) is 1.12. The summed E-state index contributed by atoms with van der Waals surface area (Å²) < 4.78 is 5.85. The molecule has 1 heteroatoms. The summed E-state index contributed by atoms with van der Waals surface area (Å²) in [4.78, 5) is 0. The van der Waals surface area contributed by atoms with E-state index in [9.17, 15) is 0 Å². The zero-order valence-corrected chi connectivity index (χ0v) is 8.56. The lowest BCUT2D eigenvalue weighted by Gasteiger charge is -2.31. The van der Waals surface area contributed by atoms with E-state index in [4.69, 9.17) is 4.74 Å². The predicted octanol–water partition coefficient (Wildman–Crippen LogP) is 2.79. The van der Waals surface area contributed by atoms with Crippen molar-refractivity contribution in [2.75, 3.05) is 6.61 Å². The van der Waals surface area contributed by atoms with Crippen LogP contribution in [0.3, 0.4) is 0 Å². The molecule has 1 nitrogen and oxygen atoms in total. The van der Waals surface area contributed by atoms with E-state index in [1.54, 1.807) is 0 Å². The van der Waals surface area contributed by atoms with E-state index >= 15 is 0 Å². The number of allylic oxidation sites excluding steroid dienone is 2. The molecule has 0 spiro atoms. The molecule has 76 valence electrons. The monoisotopic (exact) mass is 190 g/mol. The van der Waals surface area contributed by atoms with Gasteiger partial charge < -0.3 is 4.74 Å². The van der Waals surface area contributed by atoms with Crippen LogP contribution in [-0.4, -0.2) is 12.7 Å². The van der Waals surface area contributed by atoms with Crippen molar-refractivity contribution in [1.29, 1.82) is 0 Å². The van der Waals surface area contributed by atoms with Gasteiger partial charge in [-0.2, -0.15) is 0 Å². The molecule has 0 aromatic carbocycles. The lowest BCUT2D eigenvalue weighted by Crippen LogP contribution is -2.30. The van der Waals surface area contributed by atoms with Gasteiger partial charge in [-0.05, 0) is 42.9 Å². The predicted molar refractivity (Wildman–Crippen MR) is 56.9 cm³/mol. The van der Waals surface area contributed by atoms with Gasteiger partial charge in [-0.25, -0.2) is 0 Å². The summed E-state index contributed by atoms with van der Waals surface area (Å²) in [6, 6.07) is 0. The molecule has 3 rings (SSSR count). The number of fused-ring (bicyclic) bond motifs is 5. The second kappa shape index (κ2) is 3.23. The van der Waals surface area contributed by atoms with E-state index < -0.39 is 0 Å². The fraction of sp³-hybridized carbons (Fsp3) is 0.692. The van der Waals surface area contributed by atoms with Gasteiger partial charge in [-0.15, -0.1) is 6.58 Å². The number of hydrogen-bond donors (Lipinski definition) is 0. The van der Waals surface area contributed by atoms with Gasteiger partial charge in [0.05, 0.1) is 12.7 Å². The Balaban J connectivity index is 1.69. The average Bonchev–Trinajstić information content (AvgIpc) is 2.85. The first-order valence-electron chi connectivity index (χ1n) is 5.79. The van der Waals surface area contributed by atoms with Crippen LogP contribution in [0.2, 0.25) is 0 Å². The van der Waals surface area contributed by atoms with Crippen molar-refractivity contribution in [1.82, 2.24) is 0 Å². The van der Waals surface area contributed by atoms with Gasteiger partial charge in [0.1, 0.15) is 0 Å². The van der Waals surface area contributed by atoms with Gasteiger partial charge in [0.25, 0.3) is 0 Å². The van der Waals surface area contributed by atoms with Crippen LogP contribution >= 0.6 is 0 Å². The highest BCUT2D eigenvalue weighted by Crippen LogP contribution is 2.57. The first-order chi connectivity index (χ1) is 6.90. The molecule has 2 fully saturated rings. The third-order valence-electron chi connectivity index (χ3n) is 4.37. The van der Waals surface area contributed by atoms with Gasteiger partial charge in [-0.3, -0.25) is 0 Å². The van der Waals surface area contributed by atoms with Crippen LogP contribution in [0.25, 0.3) is 0 Å². The molecule has 2 bridgehead atoms. The molecule has 0 N–H and O–H groups in total.